The number of hydrogen-bond acceptors (Lipinski definition) is 11. The number of amides is 7. The summed E-state index contributed by atoms with van der Waals surface area (Å²) >= 11 is 0. The van der Waals surface area contributed by atoms with Crippen LogP contribution in [-0.4, -0.2) is 123 Å². The fraction of sp³-hybridized carbons (Fsp3) is 0.442. The number of alkyl halides is 2. The molecule has 1 fully saturated rings. The number of Topliss-reactive ketones (excluding diaryl/α,β-unsaturated/α-hetero) is 1. The molecule has 4 rings (SSSR count). The van der Waals surface area contributed by atoms with Gasteiger partial charge in [-0.25, -0.2) is 8.78 Å². The molecule has 0 bridgehead atoms. The normalized spacial score (nSPS) is 14.8. The number of ketones is 1. The highest BCUT2D eigenvalue weighted by Crippen LogP contribution is 2.30. The molecule has 0 aliphatic heterocycles. The summed E-state index contributed by atoms with van der Waals surface area (Å²) in [6.45, 7) is 0.873. The summed E-state index contributed by atoms with van der Waals surface area (Å²) in [5.41, 5.74) is 1.40. The SMILES string of the molecule is CC(=O)NC(CC(=O)O)C(=O)NC(CCC(=O)O)C(=O)NC(C(=O)NC(CCC(=O)O)C(=O)NC(CC1CCCCC1)C(=O)NC(CC(F)F)C(=O)C(=O)NCc1ccccc1)C(c1ccccc1)c1ccccc1. The minimum absolute atomic E-state index is 0.0888. The van der Waals surface area contributed by atoms with Gasteiger partial charge >= 0.3 is 17.9 Å². The van der Waals surface area contributed by atoms with E-state index in [1.54, 1.807) is 91.0 Å². The summed E-state index contributed by atoms with van der Waals surface area (Å²) in [6.07, 6.45) is -4.56. The molecule has 3 aromatic rings. The van der Waals surface area contributed by atoms with E-state index in [0.717, 1.165) is 26.2 Å². The van der Waals surface area contributed by atoms with Gasteiger partial charge in [-0.15, -0.1) is 0 Å². The molecule has 7 amide bonds. The second kappa shape index (κ2) is 30.2. The molecule has 6 unspecified atom stereocenters. The number of carbonyl (C=O) groups excluding carboxylic acids is 8. The van der Waals surface area contributed by atoms with Crippen LogP contribution in [0.4, 0.5) is 8.78 Å². The van der Waals surface area contributed by atoms with Crippen LogP contribution in [0.15, 0.2) is 91.0 Å². The van der Waals surface area contributed by atoms with E-state index in [1.807, 2.05) is 0 Å². The fourth-order valence-electron chi connectivity index (χ4n) is 8.65. The van der Waals surface area contributed by atoms with Crippen LogP contribution in [-0.2, 0) is 59.3 Å². The predicted molar refractivity (Wildman–Crippen MR) is 263 cm³/mol. The van der Waals surface area contributed by atoms with Gasteiger partial charge in [0, 0.05) is 38.6 Å². The second-order valence-electron chi connectivity index (χ2n) is 18.1. The number of carboxylic acids is 3. The Bertz CT molecular complexity index is 2410. The Balaban J connectivity index is 1.73. The summed E-state index contributed by atoms with van der Waals surface area (Å²) in [4.78, 5) is 145. The number of aliphatic carboxylic acids is 3. The molecule has 1 aliphatic rings. The van der Waals surface area contributed by atoms with Crippen LogP contribution in [0.3, 0.4) is 0 Å². The first kappa shape index (κ1) is 59.5. The largest absolute Gasteiger partial charge is 0.481 e. The third kappa shape index (κ3) is 20.4. The summed E-state index contributed by atoms with van der Waals surface area (Å²) in [6, 6.07) is 13.9. The van der Waals surface area contributed by atoms with Gasteiger partial charge in [0.1, 0.15) is 36.3 Å². The molecule has 404 valence electrons. The molecule has 10 N–H and O–H groups in total. The maximum absolute atomic E-state index is 15.0. The topological polar surface area (TPSA) is 333 Å². The Morgan fingerprint density at radius 1 is 0.533 bits per heavy atom. The van der Waals surface area contributed by atoms with Gasteiger partial charge in [-0.05, 0) is 41.9 Å². The van der Waals surface area contributed by atoms with Crippen LogP contribution in [0.1, 0.15) is 107 Å². The molecular weight excluding hydrogens is 985 g/mol. The van der Waals surface area contributed by atoms with Crippen LogP contribution in [0, 0.1) is 5.92 Å². The number of halogens is 2. The fourth-order valence-corrected chi connectivity index (χ4v) is 8.65. The maximum Gasteiger partial charge on any atom is 0.305 e. The van der Waals surface area contributed by atoms with Crippen LogP contribution < -0.4 is 37.2 Å². The van der Waals surface area contributed by atoms with Gasteiger partial charge in [-0.2, -0.15) is 0 Å². The van der Waals surface area contributed by atoms with E-state index in [-0.39, 0.29) is 18.9 Å². The van der Waals surface area contributed by atoms with Crippen molar-refractivity contribution >= 4 is 65.0 Å². The number of rotatable bonds is 30. The minimum atomic E-state index is -3.17. The highest BCUT2D eigenvalue weighted by Gasteiger charge is 2.39. The van der Waals surface area contributed by atoms with E-state index in [1.165, 1.54) is 0 Å². The Morgan fingerprint density at radius 3 is 1.48 bits per heavy atom. The average molecular weight is 1050 g/mol. The zero-order valence-corrected chi connectivity index (χ0v) is 41.1. The Kier molecular flexibility index (Phi) is 23.9. The predicted octanol–water partition coefficient (Wildman–Crippen LogP) is 2.46. The maximum atomic E-state index is 15.0. The summed E-state index contributed by atoms with van der Waals surface area (Å²) in [7, 11) is 0. The van der Waals surface area contributed by atoms with Gasteiger partial charge < -0.3 is 52.5 Å². The zero-order chi connectivity index (χ0) is 55.0. The molecule has 0 heterocycles. The first-order valence-electron chi connectivity index (χ1n) is 24.4. The Labute approximate surface area is 430 Å². The number of carbonyl (C=O) groups is 11. The lowest BCUT2D eigenvalue weighted by Gasteiger charge is -2.32. The molecule has 1 aliphatic carbocycles. The van der Waals surface area contributed by atoms with Gasteiger partial charge in [-0.1, -0.05) is 123 Å². The van der Waals surface area contributed by atoms with E-state index in [9.17, 15) is 76.8 Å². The number of nitrogens with one attached hydrogen (secondary N) is 7. The van der Waals surface area contributed by atoms with Crippen LogP contribution >= 0.6 is 0 Å². The molecule has 0 aromatic heterocycles. The van der Waals surface area contributed by atoms with Gasteiger partial charge in [0.05, 0.1) is 6.42 Å². The highest BCUT2D eigenvalue weighted by atomic mass is 19.3. The van der Waals surface area contributed by atoms with Crippen molar-refractivity contribution in [3.8, 4) is 0 Å². The van der Waals surface area contributed by atoms with Gasteiger partial charge in [0.2, 0.25) is 47.7 Å². The van der Waals surface area contributed by atoms with E-state index >= 15 is 0 Å². The lowest BCUT2D eigenvalue weighted by Crippen LogP contribution is -2.61. The van der Waals surface area contributed by atoms with Crippen molar-refractivity contribution in [1.29, 1.82) is 0 Å². The number of benzene rings is 3. The van der Waals surface area contributed by atoms with Crippen molar-refractivity contribution < 1.29 is 76.8 Å². The van der Waals surface area contributed by atoms with Crippen molar-refractivity contribution in [1.82, 2.24) is 37.2 Å². The van der Waals surface area contributed by atoms with E-state index in [2.05, 4.69) is 37.2 Å². The molecular formula is C52H63F2N7O14. The van der Waals surface area contributed by atoms with Crippen LogP contribution in [0.25, 0.3) is 0 Å². The molecule has 1 saturated carbocycles. The lowest BCUT2D eigenvalue weighted by atomic mass is 9.84. The number of carboxylic acid groups (broad SMARTS) is 3. The van der Waals surface area contributed by atoms with Gasteiger partial charge in [-0.3, -0.25) is 52.7 Å². The molecule has 3 aromatic carbocycles. The van der Waals surface area contributed by atoms with Gasteiger partial charge in [0.15, 0.2) is 0 Å². The van der Waals surface area contributed by atoms with Crippen molar-refractivity contribution in [2.24, 2.45) is 5.92 Å². The van der Waals surface area contributed by atoms with E-state index in [0.29, 0.717) is 29.5 Å². The van der Waals surface area contributed by atoms with Gasteiger partial charge in [0.25, 0.3) is 5.91 Å². The second-order valence-corrected chi connectivity index (χ2v) is 18.1. The van der Waals surface area contributed by atoms with Crippen molar-refractivity contribution in [2.45, 2.75) is 139 Å². The van der Waals surface area contributed by atoms with Crippen molar-refractivity contribution in [2.75, 3.05) is 0 Å². The monoisotopic (exact) mass is 1050 g/mol. The molecule has 0 radical (unpaired) electrons. The standard InChI is InChI=1S/C52H63F2N7O14/c1-30(62)56-39(28-43(67)68)50(73)57-36(23-25-42(65)66)48(71)61-45(44(33-18-10-4-11-19-33)34-20-12-5-13-21-34)51(74)58-35(22-24-41(63)64)47(70)60-38(26-31-14-6-2-7-15-31)49(72)59-37(27-40(53)54)46(69)52(75)55-29-32-16-8-3-9-17-32/h3-5,8-13,16-21,31,35-40,44-45H,2,6-7,14-15,22-29H2,1H3,(H,55,75)(H,56,62)(H,57,73)(H,58,74)(H,59,72)(H,60,70)(H,61,71)(H,63,64)(H,65,66)(H,67,68). The quantitative estimate of drug-likeness (QED) is 0.0429. The van der Waals surface area contributed by atoms with Crippen LogP contribution in [0.5, 0.6) is 0 Å². The molecule has 21 nitrogen and oxygen atoms in total. The summed E-state index contributed by atoms with van der Waals surface area (Å²) in [5.74, 6) is -14.9. The van der Waals surface area contributed by atoms with E-state index in [4.69, 9.17) is 0 Å². The Morgan fingerprint density at radius 2 is 0.987 bits per heavy atom. The first-order valence-corrected chi connectivity index (χ1v) is 24.4. The van der Waals surface area contributed by atoms with Crippen molar-refractivity contribution in [3.63, 3.8) is 0 Å². The number of hydrogen-bond donors (Lipinski definition) is 10. The third-order valence-electron chi connectivity index (χ3n) is 12.4. The molecule has 0 saturated heterocycles. The Hall–Kier alpha value is -8.11. The van der Waals surface area contributed by atoms with Crippen LogP contribution in [0.2, 0.25) is 0 Å². The highest BCUT2D eigenvalue weighted by molar-refractivity contribution is 6.38. The molecule has 6 atom stereocenters. The zero-order valence-electron chi connectivity index (χ0n) is 41.1. The lowest BCUT2D eigenvalue weighted by molar-refractivity contribution is -0.141. The average Bonchev–Trinajstić information content (AvgIpc) is 3.37. The summed E-state index contributed by atoms with van der Waals surface area (Å²) < 4.78 is 28.0. The third-order valence-corrected chi connectivity index (χ3v) is 12.4. The van der Waals surface area contributed by atoms with Crippen molar-refractivity contribution in [3.05, 3.63) is 108 Å². The molecule has 0 spiro atoms. The molecule has 75 heavy (non-hydrogen) atoms. The first-order chi connectivity index (χ1) is 35.7. The molecule has 23 heteroatoms. The summed E-state index contributed by atoms with van der Waals surface area (Å²) in [5, 5.41) is 45.4. The van der Waals surface area contributed by atoms with E-state index < -0.39 is 152 Å². The smallest absolute Gasteiger partial charge is 0.305 e. The minimum Gasteiger partial charge on any atom is -0.481 e.